The lowest BCUT2D eigenvalue weighted by molar-refractivity contribution is -0.136. The molecule has 4 rings (SSSR count). The maximum absolute atomic E-state index is 12.9. The van der Waals surface area contributed by atoms with E-state index in [2.05, 4.69) is 9.97 Å². The number of oxazole rings is 1. The van der Waals surface area contributed by atoms with Crippen LogP contribution in [0.3, 0.4) is 0 Å². The van der Waals surface area contributed by atoms with Gasteiger partial charge in [-0.2, -0.15) is 0 Å². The maximum atomic E-state index is 12.9. The van der Waals surface area contributed by atoms with Crippen LogP contribution < -0.4 is 11.2 Å². The van der Waals surface area contributed by atoms with Crippen molar-refractivity contribution in [2.24, 2.45) is 0 Å². The summed E-state index contributed by atoms with van der Waals surface area (Å²) in [5, 5.41) is 0. The topological polar surface area (TPSA) is 101 Å². The highest BCUT2D eigenvalue weighted by Crippen LogP contribution is 2.31. The normalized spacial score (nSPS) is 16.7. The van der Waals surface area contributed by atoms with Crippen LogP contribution in [-0.4, -0.2) is 31.9 Å². The van der Waals surface area contributed by atoms with Gasteiger partial charge in [0.15, 0.2) is 0 Å². The number of carbonyl (C=O) groups is 1. The first-order chi connectivity index (χ1) is 14.1. The molecule has 0 aliphatic carbocycles. The van der Waals surface area contributed by atoms with Crippen LogP contribution in [0.25, 0.3) is 0 Å². The van der Waals surface area contributed by atoms with Crippen LogP contribution in [0.15, 0.2) is 62.8 Å². The molecule has 3 aromatic rings. The third-order valence-electron chi connectivity index (χ3n) is 5.10. The Kier molecular flexibility index (Phi) is 5.41. The lowest BCUT2D eigenvalue weighted by Gasteiger charge is -2.33. The van der Waals surface area contributed by atoms with Crippen LogP contribution in [0.1, 0.15) is 42.5 Å². The lowest BCUT2D eigenvalue weighted by Crippen LogP contribution is -2.42. The molecule has 0 radical (unpaired) electrons. The van der Waals surface area contributed by atoms with E-state index in [-0.39, 0.29) is 18.5 Å². The van der Waals surface area contributed by atoms with Gasteiger partial charge in [0.05, 0.1) is 6.20 Å². The Balaban J connectivity index is 1.51. The summed E-state index contributed by atoms with van der Waals surface area (Å²) >= 11 is 0. The molecule has 0 saturated carbocycles. The Bertz CT molecular complexity index is 1100. The van der Waals surface area contributed by atoms with Crippen molar-refractivity contribution in [3.05, 3.63) is 86.8 Å². The number of amides is 1. The van der Waals surface area contributed by atoms with Gasteiger partial charge in [0.25, 0.3) is 5.56 Å². The Morgan fingerprint density at radius 1 is 1.17 bits per heavy atom. The zero-order valence-corrected chi connectivity index (χ0v) is 15.9. The second-order valence-corrected chi connectivity index (χ2v) is 7.16. The first-order valence-electron chi connectivity index (χ1n) is 9.68. The number of hydrogen-bond donors (Lipinski definition) is 1. The van der Waals surface area contributed by atoms with Crippen LogP contribution in [0.2, 0.25) is 0 Å². The van der Waals surface area contributed by atoms with Crippen molar-refractivity contribution in [3.8, 4) is 0 Å². The molecule has 1 fully saturated rings. The minimum absolute atomic E-state index is 0.135. The summed E-state index contributed by atoms with van der Waals surface area (Å²) in [7, 11) is 0. The monoisotopic (exact) mass is 394 g/mol. The fourth-order valence-corrected chi connectivity index (χ4v) is 3.65. The van der Waals surface area contributed by atoms with Gasteiger partial charge in [0.1, 0.15) is 18.3 Å². The molecule has 0 bridgehead atoms. The Labute approximate surface area is 166 Å². The highest BCUT2D eigenvalue weighted by molar-refractivity contribution is 5.76. The standard InChI is InChI=1S/C21H22N4O4/c26-18-9-11-24(21(28)23-18)14-19(27)25-10-5-4-8-17(25)20-22-13-16(29-20)12-15-6-2-1-3-7-15/h1-3,6-7,9,11,13,17H,4-5,8,10,12,14H2,(H,23,26,28)/t17-/m0/s1. The molecule has 1 aliphatic heterocycles. The van der Waals surface area contributed by atoms with E-state index < -0.39 is 11.2 Å². The molecule has 3 heterocycles. The third kappa shape index (κ3) is 4.37. The van der Waals surface area contributed by atoms with Gasteiger partial charge in [-0.1, -0.05) is 30.3 Å². The molecule has 150 valence electrons. The highest BCUT2D eigenvalue weighted by Gasteiger charge is 2.31. The van der Waals surface area contributed by atoms with Gasteiger partial charge >= 0.3 is 5.69 Å². The minimum Gasteiger partial charge on any atom is -0.443 e. The van der Waals surface area contributed by atoms with Crippen molar-refractivity contribution >= 4 is 5.91 Å². The molecular formula is C21H22N4O4. The average Bonchev–Trinajstić information content (AvgIpc) is 3.19. The molecule has 8 heteroatoms. The number of hydrogen-bond acceptors (Lipinski definition) is 5. The molecule has 2 aromatic heterocycles. The Hall–Kier alpha value is -3.42. The van der Waals surface area contributed by atoms with E-state index in [1.54, 1.807) is 11.1 Å². The van der Waals surface area contributed by atoms with Gasteiger partial charge in [-0.05, 0) is 24.8 Å². The molecular weight excluding hydrogens is 372 g/mol. The molecule has 1 saturated heterocycles. The van der Waals surface area contributed by atoms with E-state index in [9.17, 15) is 14.4 Å². The average molecular weight is 394 g/mol. The van der Waals surface area contributed by atoms with Crippen molar-refractivity contribution in [3.63, 3.8) is 0 Å². The van der Waals surface area contributed by atoms with E-state index in [1.807, 2.05) is 30.3 Å². The van der Waals surface area contributed by atoms with Gasteiger partial charge in [-0.3, -0.25) is 19.1 Å². The lowest BCUT2D eigenvalue weighted by atomic mass is 10.0. The van der Waals surface area contributed by atoms with Gasteiger partial charge in [-0.15, -0.1) is 0 Å². The number of piperidine rings is 1. The van der Waals surface area contributed by atoms with E-state index in [4.69, 9.17) is 4.42 Å². The summed E-state index contributed by atoms with van der Waals surface area (Å²) < 4.78 is 7.18. The molecule has 1 amide bonds. The second kappa shape index (κ2) is 8.30. The molecule has 8 nitrogen and oxygen atoms in total. The number of nitrogens with one attached hydrogen (secondary N) is 1. The van der Waals surface area contributed by atoms with Crippen molar-refractivity contribution < 1.29 is 9.21 Å². The van der Waals surface area contributed by atoms with E-state index in [1.165, 1.54) is 16.8 Å². The number of benzene rings is 1. The third-order valence-corrected chi connectivity index (χ3v) is 5.10. The zero-order chi connectivity index (χ0) is 20.2. The SMILES string of the molecule is O=C(Cn1ccc(=O)[nH]c1=O)N1CCCC[C@H]1c1ncc(Cc2ccccc2)o1. The molecule has 1 atom stereocenters. The van der Waals surface area contributed by atoms with Crippen molar-refractivity contribution in [1.82, 2.24) is 19.4 Å². The van der Waals surface area contributed by atoms with E-state index >= 15 is 0 Å². The highest BCUT2D eigenvalue weighted by atomic mass is 16.4. The molecule has 0 unspecified atom stereocenters. The zero-order valence-electron chi connectivity index (χ0n) is 15.9. The minimum atomic E-state index is -0.597. The van der Waals surface area contributed by atoms with Gasteiger partial charge in [0.2, 0.25) is 11.8 Å². The maximum Gasteiger partial charge on any atom is 0.328 e. The largest absolute Gasteiger partial charge is 0.443 e. The summed E-state index contributed by atoms with van der Waals surface area (Å²) in [6, 6.07) is 11.0. The van der Waals surface area contributed by atoms with Crippen molar-refractivity contribution in [2.45, 2.75) is 38.3 Å². The van der Waals surface area contributed by atoms with Crippen LogP contribution in [0.5, 0.6) is 0 Å². The van der Waals surface area contributed by atoms with Crippen LogP contribution in [-0.2, 0) is 17.8 Å². The summed E-state index contributed by atoms with van der Waals surface area (Å²) in [6.07, 6.45) is 6.32. The van der Waals surface area contributed by atoms with Gasteiger partial charge in [-0.25, -0.2) is 9.78 Å². The first kappa shape index (κ1) is 18.9. The van der Waals surface area contributed by atoms with Crippen LogP contribution in [0.4, 0.5) is 0 Å². The molecule has 1 aromatic carbocycles. The number of rotatable bonds is 5. The predicted molar refractivity (Wildman–Crippen MR) is 105 cm³/mol. The van der Waals surface area contributed by atoms with E-state index in [0.29, 0.717) is 18.9 Å². The fraction of sp³-hybridized carbons (Fsp3) is 0.333. The number of likely N-dealkylation sites (tertiary alicyclic amines) is 1. The summed E-state index contributed by atoms with van der Waals surface area (Å²) in [4.78, 5) is 44.3. The van der Waals surface area contributed by atoms with Gasteiger partial charge in [0, 0.05) is 25.2 Å². The summed E-state index contributed by atoms with van der Waals surface area (Å²) in [6.45, 7) is 0.446. The van der Waals surface area contributed by atoms with Gasteiger partial charge < -0.3 is 9.32 Å². The van der Waals surface area contributed by atoms with Crippen LogP contribution in [0, 0.1) is 0 Å². The van der Waals surface area contributed by atoms with Crippen molar-refractivity contribution in [2.75, 3.05) is 6.54 Å². The van der Waals surface area contributed by atoms with E-state index in [0.717, 1.165) is 30.6 Å². The predicted octanol–water partition coefficient (Wildman–Crippen LogP) is 1.87. The second-order valence-electron chi connectivity index (χ2n) is 7.16. The number of carbonyl (C=O) groups excluding carboxylic acids is 1. The smallest absolute Gasteiger partial charge is 0.328 e. The molecule has 29 heavy (non-hydrogen) atoms. The Morgan fingerprint density at radius 3 is 2.79 bits per heavy atom. The first-order valence-corrected chi connectivity index (χ1v) is 9.68. The van der Waals surface area contributed by atoms with Crippen molar-refractivity contribution in [1.29, 1.82) is 0 Å². The fourth-order valence-electron chi connectivity index (χ4n) is 3.65. The quantitative estimate of drug-likeness (QED) is 0.712. The number of nitrogens with zero attached hydrogens (tertiary/aromatic N) is 3. The molecule has 1 aliphatic rings. The molecule has 0 spiro atoms. The van der Waals surface area contributed by atoms with Crippen LogP contribution >= 0.6 is 0 Å². The number of aromatic nitrogens is 3. The molecule has 1 N–H and O–H groups in total. The number of H-pyrrole nitrogens is 1. The Morgan fingerprint density at radius 2 is 2.00 bits per heavy atom. The summed E-state index contributed by atoms with van der Waals surface area (Å²) in [5.41, 5.74) is 0.0465. The number of aromatic amines is 1. The summed E-state index contributed by atoms with van der Waals surface area (Å²) in [5.74, 6) is 1.07.